The fraction of sp³-hybridized carbons (Fsp3) is 0.952. The molecule has 0 aromatic rings. The summed E-state index contributed by atoms with van der Waals surface area (Å²) >= 11 is 0. The highest BCUT2D eigenvalue weighted by Crippen LogP contribution is 2.34. The highest BCUT2D eigenvalue weighted by molar-refractivity contribution is 5.72. The van der Waals surface area contributed by atoms with Crippen molar-refractivity contribution in [2.75, 3.05) is 0 Å². The average Bonchev–Trinajstić information content (AvgIpc) is 2.59. The van der Waals surface area contributed by atoms with Crippen molar-refractivity contribution in [3.63, 3.8) is 0 Å². The maximum atomic E-state index is 12.4. The van der Waals surface area contributed by atoms with E-state index in [0.29, 0.717) is 0 Å². The van der Waals surface area contributed by atoms with Crippen LogP contribution in [0.3, 0.4) is 0 Å². The van der Waals surface area contributed by atoms with Gasteiger partial charge in [-0.15, -0.1) is 0 Å². The third kappa shape index (κ3) is 6.47. The number of esters is 1. The summed E-state index contributed by atoms with van der Waals surface area (Å²) in [7, 11) is 0. The van der Waals surface area contributed by atoms with Crippen LogP contribution >= 0.6 is 0 Å². The minimum atomic E-state index is 0.121. The Morgan fingerprint density at radius 1 is 0.783 bits per heavy atom. The minimum absolute atomic E-state index is 0.121. The Bertz CT molecular complexity index is 323. The summed E-state index contributed by atoms with van der Waals surface area (Å²) in [6.07, 6.45) is 17.6. The molecular weight excluding hydrogens is 284 g/mol. The van der Waals surface area contributed by atoms with Crippen molar-refractivity contribution in [2.24, 2.45) is 17.8 Å². The quantitative estimate of drug-likeness (QED) is 0.492. The fourth-order valence-corrected chi connectivity index (χ4v) is 4.47. The molecule has 2 aliphatic rings. The number of hydrogen-bond acceptors (Lipinski definition) is 2. The first-order valence-electron chi connectivity index (χ1n) is 10.4. The summed E-state index contributed by atoms with van der Waals surface area (Å²) in [5, 5.41) is 0. The van der Waals surface area contributed by atoms with Crippen molar-refractivity contribution in [3.05, 3.63) is 0 Å². The average molecular weight is 323 g/mol. The standard InChI is InChI=1S/C21H38O2/c1-3-5-7-17-9-13-19(14-10-17)21(22)23-20-15-11-18(12-16-20)8-6-4-2/h17-20H,3-16H2,1-2H3/t17-,18-,19-,20-. The number of hydrogen-bond donors (Lipinski definition) is 0. The van der Waals surface area contributed by atoms with E-state index in [4.69, 9.17) is 4.74 Å². The van der Waals surface area contributed by atoms with Gasteiger partial charge in [0.25, 0.3) is 0 Å². The van der Waals surface area contributed by atoms with Crippen LogP contribution in [0.2, 0.25) is 0 Å². The molecule has 0 heterocycles. The molecule has 2 saturated carbocycles. The van der Waals surface area contributed by atoms with E-state index < -0.39 is 0 Å². The molecule has 0 amide bonds. The second-order valence-electron chi connectivity index (χ2n) is 8.08. The highest BCUT2D eigenvalue weighted by Gasteiger charge is 2.30. The Balaban J connectivity index is 1.62. The SMILES string of the molecule is CCCC[C@H]1CC[C@H](OC(=O)[C@H]2CC[C@H](CCCC)CC2)CC1. The van der Waals surface area contributed by atoms with Crippen molar-refractivity contribution < 1.29 is 9.53 Å². The molecule has 0 aromatic carbocycles. The van der Waals surface area contributed by atoms with Crippen LogP contribution in [0, 0.1) is 17.8 Å². The van der Waals surface area contributed by atoms with Gasteiger partial charge in [-0.1, -0.05) is 52.4 Å². The van der Waals surface area contributed by atoms with Gasteiger partial charge in [0.2, 0.25) is 0 Å². The Morgan fingerprint density at radius 3 is 1.74 bits per heavy atom. The van der Waals surface area contributed by atoms with Gasteiger partial charge in [0.1, 0.15) is 6.10 Å². The van der Waals surface area contributed by atoms with E-state index in [0.717, 1.165) is 37.5 Å². The van der Waals surface area contributed by atoms with Gasteiger partial charge in [0, 0.05) is 0 Å². The summed E-state index contributed by atoms with van der Waals surface area (Å²) in [4.78, 5) is 12.4. The zero-order chi connectivity index (χ0) is 16.5. The van der Waals surface area contributed by atoms with Crippen LogP contribution in [0.5, 0.6) is 0 Å². The van der Waals surface area contributed by atoms with Crippen LogP contribution in [0.15, 0.2) is 0 Å². The van der Waals surface area contributed by atoms with Gasteiger partial charge < -0.3 is 4.74 Å². The first kappa shape index (κ1) is 18.8. The van der Waals surface area contributed by atoms with Crippen molar-refractivity contribution in [1.82, 2.24) is 0 Å². The fourth-order valence-electron chi connectivity index (χ4n) is 4.47. The van der Waals surface area contributed by atoms with Crippen LogP contribution in [0.4, 0.5) is 0 Å². The second-order valence-corrected chi connectivity index (χ2v) is 8.08. The van der Waals surface area contributed by atoms with Crippen molar-refractivity contribution in [1.29, 1.82) is 0 Å². The molecular formula is C21H38O2. The molecule has 2 rings (SSSR count). The van der Waals surface area contributed by atoms with E-state index >= 15 is 0 Å². The minimum Gasteiger partial charge on any atom is -0.462 e. The molecule has 0 aromatic heterocycles. The molecule has 134 valence electrons. The first-order chi connectivity index (χ1) is 11.2. The Morgan fingerprint density at radius 2 is 1.26 bits per heavy atom. The summed E-state index contributed by atoms with van der Waals surface area (Å²) in [5.74, 6) is 2.08. The van der Waals surface area contributed by atoms with Crippen molar-refractivity contribution >= 4 is 5.97 Å². The Kier molecular flexibility index (Phi) is 8.47. The van der Waals surface area contributed by atoms with Crippen molar-refractivity contribution in [2.45, 2.75) is 110 Å². The Hall–Kier alpha value is -0.530. The summed E-state index contributed by atoms with van der Waals surface area (Å²) in [6, 6.07) is 0. The lowest BCUT2D eigenvalue weighted by Crippen LogP contribution is -2.30. The molecule has 0 unspecified atom stereocenters. The number of carbonyl (C=O) groups excluding carboxylic acids is 1. The van der Waals surface area contributed by atoms with Crippen LogP contribution in [-0.4, -0.2) is 12.1 Å². The largest absolute Gasteiger partial charge is 0.462 e. The zero-order valence-corrected chi connectivity index (χ0v) is 15.5. The molecule has 2 fully saturated rings. The zero-order valence-electron chi connectivity index (χ0n) is 15.5. The molecule has 0 atom stereocenters. The lowest BCUT2D eigenvalue weighted by atomic mass is 9.79. The van der Waals surface area contributed by atoms with Crippen LogP contribution in [-0.2, 0) is 9.53 Å². The maximum absolute atomic E-state index is 12.4. The summed E-state index contributed by atoms with van der Waals surface area (Å²) in [6.45, 7) is 4.53. The van der Waals surface area contributed by atoms with Crippen molar-refractivity contribution in [3.8, 4) is 0 Å². The molecule has 2 nitrogen and oxygen atoms in total. The molecule has 0 spiro atoms. The normalized spacial score (nSPS) is 31.7. The predicted molar refractivity (Wildman–Crippen MR) is 96.3 cm³/mol. The van der Waals surface area contributed by atoms with E-state index in [9.17, 15) is 4.79 Å². The third-order valence-electron chi connectivity index (χ3n) is 6.19. The van der Waals surface area contributed by atoms with Gasteiger partial charge in [0.05, 0.1) is 5.92 Å². The van der Waals surface area contributed by atoms with E-state index in [1.807, 2.05) is 0 Å². The maximum Gasteiger partial charge on any atom is 0.309 e. The number of rotatable bonds is 8. The van der Waals surface area contributed by atoms with E-state index in [1.165, 1.54) is 64.2 Å². The number of unbranched alkanes of at least 4 members (excludes halogenated alkanes) is 2. The number of ether oxygens (including phenoxy) is 1. The monoisotopic (exact) mass is 322 g/mol. The topological polar surface area (TPSA) is 26.3 Å². The molecule has 2 aliphatic carbocycles. The summed E-state index contributed by atoms with van der Waals surface area (Å²) in [5.41, 5.74) is 0. The van der Waals surface area contributed by atoms with Gasteiger partial charge in [-0.25, -0.2) is 0 Å². The molecule has 0 aliphatic heterocycles. The summed E-state index contributed by atoms with van der Waals surface area (Å²) < 4.78 is 5.86. The lowest BCUT2D eigenvalue weighted by molar-refractivity contribution is -0.157. The highest BCUT2D eigenvalue weighted by atomic mass is 16.5. The van der Waals surface area contributed by atoms with Gasteiger partial charge in [-0.2, -0.15) is 0 Å². The van der Waals surface area contributed by atoms with Gasteiger partial charge >= 0.3 is 5.97 Å². The van der Waals surface area contributed by atoms with E-state index in [1.54, 1.807) is 0 Å². The smallest absolute Gasteiger partial charge is 0.309 e. The number of carbonyl (C=O) groups is 1. The molecule has 23 heavy (non-hydrogen) atoms. The molecule has 0 N–H and O–H groups in total. The third-order valence-corrected chi connectivity index (χ3v) is 6.19. The van der Waals surface area contributed by atoms with E-state index in [2.05, 4.69) is 13.8 Å². The predicted octanol–water partition coefficient (Wildman–Crippen LogP) is 6.28. The van der Waals surface area contributed by atoms with Crippen LogP contribution in [0.25, 0.3) is 0 Å². The van der Waals surface area contributed by atoms with Crippen LogP contribution < -0.4 is 0 Å². The van der Waals surface area contributed by atoms with Crippen LogP contribution in [0.1, 0.15) is 104 Å². The second kappa shape index (κ2) is 10.4. The van der Waals surface area contributed by atoms with E-state index in [-0.39, 0.29) is 18.0 Å². The molecule has 0 radical (unpaired) electrons. The van der Waals surface area contributed by atoms with Gasteiger partial charge in [0.15, 0.2) is 0 Å². The molecule has 2 heteroatoms. The van der Waals surface area contributed by atoms with Gasteiger partial charge in [-0.05, 0) is 63.2 Å². The Labute approximate surface area is 143 Å². The lowest BCUT2D eigenvalue weighted by Gasteiger charge is -2.31. The first-order valence-corrected chi connectivity index (χ1v) is 10.4. The molecule has 0 bridgehead atoms. The molecule has 0 saturated heterocycles. The van der Waals surface area contributed by atoms with Gasteiger partial charge in [-0.3, -0.25) is 4.79 Å².